The van der Waals surface area contributed by atoms with Crippen LogP contribution in [0.2, 0.25) is 0 Å². The second-order valence-electron chi connectivity index (χ2n) is 8.63. The highest BCUT2D eigenvalue weighted by Gasteiger charge is 2.44. The molecule has 34 heavy (non-hydrogen) atoms. The third kappa shape index (κ3) is 4.25. The second kappa shape index (κ2) is 8.54. The van der Waals surface area contributed by atoms with Crippen molar-refractivity contribution in [1.82, 2.24) is 29.9 Å². The Kier molecular flexibility index (Phi) is 5.54. The van der Waals surface area contributed by atoms with Crippen molar-refractivity contribution in [2.24, 2.45) is 0 Å². The third-order valence-corrected chi connectivity index (χ3v) is 5.84. The summed E-state index contributed by atoms with van der Waals surface area (Å²) in [5.74, 6) is 0.715. The average molecular weight is 470 g/mol. The van der Waals surface area contributed by atoms with Crippen molar-refractivity contribution in [2.45, 2.75) is 50.3 Å². The molecule has 178 valence electrons. The van der Waals surface area contributed by atoms with E-state index in [1.54, 1.807) is 23.8 Å². The maximum Gasteiger partial charge on any atom is 0.408 e. The minimum atomic E-state index is -1.56. The monoisotopic (exact) mass is 470 g/mol. The number of nitrogens with zero attached hydrogens (tertiary/aromatic N) is 5. The number of rotatable bonds is 7. The van der Waals surface area contributed by atoms with E-state index in [1.807, 2.05) is 6.92 Å². The summed E-state index contributed by atoms with van der Waals surface area (Å²) in [4.78, 5) is 20.7. The van der Waals surface area contributed by atoms with E-state index in [4.69, 9.17) is 14.2 Å². The molecular weight excluding hydrogens is 447 g/mol. The molecule has 2 fully saturated rings. The van der Waals surface area contributed by atoms with Gasteiger partial charge in [-0.1, -0.05) is 0 Å². The van der Waals surface area contributed by atoms with Gasteiger partial charge in [0.25, 0.3) is 0 Å². The number of methoxy groups -OCH3 is 1. The van der Waals surface area contributed by atoms with Gasteiger partial charge in [0, 0.05) is 24.9 Å². The topological polar surface area (TPSA) is 151 Å². The van der Waals surface area contributed by atoms with E-state index in [2.05, 4.69) is 36.9 Å². The van der Waals surface area contributed by atoms with E-state index < -0.39 is 24.5 Å². The largest absolute Gasteiger partial charge is 0.441 e. The number of hydrogen-bond acceptors (Lipinski definition) is 9. The van der Waals surface area contributed by atoms with Crippen molar-refractivity contribution < 1.29 is 23.4 Å². The first-order valence-corrected chi connectivity index (χ1v) is 10.7. The fourth-order valence-corrected chi connectivity index (χ4v) is 3.74. The zero-order valence-electron chi connectivity index (χ0n) is 18.5. The Morgan fingerprint density at radius 2 is 2.32 bits per heavy atom. The summed E-state index contributed by atoms with van der Waals surface area (Å²) in [6.07, 6.45) is 0.676. The number of alkyl carbamates (subject to hydrolysis) is 1. The predicted molar refractivity (Wildman–Crippen MR) is 115 cm³/mol. The molecule has 13 heteroatoms. The quantitative estimate of drug-likeness (QED) is 0.472. The number of hydrogen-bond donors (Lipinski definition) is 3. The molecule has 1 saturated heterocycles. The molecule has 3 atom stereocenters. The Labute approximate surface area is 193 Å². The van der Waals surface area contributed by atoms with Crippen LogP contribution in [-0.2, 0) is 20.8 Å². The smallest absolute Gasteiger partial charge is 0.408 e. The van der Waals surface area contributed by atoms with Crippen LogP contribution in [0, 0.1) is 11.3 Å². The number of aromatic nitrogens is 5. The van der Waals surface area contributed by atoms with Crippen LogP contribution in [0.3, 0.4) is 0 Å². The van der Waals surface area contributed by atoms with E-state index in [0.29, 0.717) is 34.4 Å². The molecule has 5 rings (SSSR count). The number of aromatic amines is 1. The SMILES string of the molecule is COCc1cn2c(Nc3cc([C@H]4OC[C@@H](OC(=O)NC5(C)CC5)[C@@H]4F)[nH]n3)ncc(C#N)c2n1. The summed E-state index contributed by atoms with van der Waals surface area (Å²) in [7, 11) is 1.55. The number of amides is 1. The van der Waals surface area contributed by atoms with Gasteiger partial charge in [0.1, 0.15) is 17.7 Å². The first-order chi connectivity index (χ1) is 16.4. The van der Waals surface area contributed by atoms with Gasteiger partial charge in [0.05, 0.1) is 30.8 Å². The Hall–Kier alpha value is -3.76. The molecule has 4 heterocycles. The lowest BCUT2D eigenvalue weighted by Gasteiger charge is -2.17. The number of carbonyl (C=O) groups is 1. The highest BCUT2D eigenvalue weighted by atomic mass is 19.1. The summed E-state index contributed by atoms with van der Waals surface area (Å²) in [5.41, 5.74) is 1.48. The Morgan fingerprint density at radius 3 is 3.06 bits per heavy atom. The predicted octanol–water partition coefficient (Wildman–Crippen LogP) is 2.27. The zero-order valence-corrected chi connectivity index (χ0v) is 18.5. The molecule has 1 aliphatic carbocycles. The van der Waals surface area contributed by atoms with Gasteiger partial charge in [-0.3, -0.25) is 9.50 Å². The van der Waals surface area contributed by atoms with E-state index in [0.717, 1.165) is 12.8 Å². The molecule has 1 amide bonds. The number of fused-ring (bicyclic) bond motifs is 1. The summed E-state index contributed by atoms with van der Waals surface area (Å²) >= 11 is 0. The number of halogens is 1. The second-order valence-corrected chi connectivity index (χ2v) is 8.63. The fourth-order valence-electron chi connectivity index (χ4n) is 3.74. The highest BCUT2D eigenvalue weighted by molar-refractivity contribution is 5.69. The molecule has 0 bridgehead atoms. The van der Waals surface area contributed by atoms with Crippen LogP contribution in [0.15, 0.2) is 18.5 Å². The van der Waals surface area contributed by atoms with Crippen molar-refractivity contribution in [2.75, 3.05) is 19.0 Å². The van der Waals surface area contributed by atoms with Gasteiger partial charge in [0.15, 0.2) is 23.7 Å². The lowest BCUT2D eigenvalue weighted by molar-refractivity contribution is 0.0604. The van der Waals surface area contributed by atoms with Crippen LogP contribution in [0.25, 0.3) is 5.65 Å². The molecule has 0 spiro atoms. The van der Waals surface area contributed by atoms with E-state index in [-0.39, 0.29) is 18.8 Å². The van der Waals surface area contributed by atoms with Crippen LogP contribution in [-0.4, -0.2) is 62.2 Å². The number of imidazole rings is 1. The Morgan fingerprint density at radius 1 is 1.50 bits per heavy atom. The van der Waals surface area contributed by atoms with E-state index in [9.17, 15) is 14.4 Å². The van der Waals surface area contributed by atoms with Gasteiger partial charge in [0.2, 0.25) is 5.95 Å². The number of ether oxygens (including phenoxy) is 3. The van der Waals surface area contributed by atoms with Gasteiger partial charge in [-0.25, -0.2) is 19.2 Å². The Bertz CT molecular complexity index is 1260. The first-order valence-electron chi connectivity index (χ1n) is 10.7. The molecule has 1 saturated carbocycles. The van der Waals surface area contributed by atoms with Gasteiger partial charge in [-0.15, -0.1) is 0 Å². The number of alkyl halides is 1. The molecule has 12 nitrogen and oxygen atoms in total. The number of nitriles is 1. The van der Waals surface area contributed by atoms with E-state index in [1.165, 1.54) is 6.20 Å². The average Bonchev–Trinajstić information content (AvgIpc) is 3.16. The molecule has 3 aromatic rings. The van der Waals surface area contributed by atoms with Crippen molar-refractivity contribution in [3.63, 3.8) is 0 Å². The standard InChI is InChI=1S/C21H23FN8O4/c1-21(3-4-21)27-20(31)34-14-10-33-17(16(14)22)13-5-15(29-28-13)26-19-24-7-11(6-23)18-25-12(9-32-2)8-30(18)19/h5,7-8,14,16-17H,3-4,9-10H2,1-2H3,(H,27,31)(H2,24,26,28,29)/t14-,16+,17-/m1/s1. The van der Waals surface area contributed by atoms with Crippen molar-refractivity contribution in [3.8, 4) is 6.07 Å². The Balaban J connectivity index is 1.29. The van der Waals surface area contributed by atoms with Crippen molar-refractivity contribution in [3.05, 3.63) is 35.4 Å². The lowest BCUT2D eigenvalue weighted by Crippen LogP contribution is -2.39. The molecule has 0 radical (unpaired) electrons. The molecule has 3 aromatic heterocycles. The van der Waals surface area contributed by atoms with Crippen LogP contribution in [0.4, 0.5) is 21.0 Å². The molecule has 0 unspecified atom stereocenters. The molecule has 0 aromatic carbocycles. The number of nitrogens with one attached hydrogen (secondary N) is 3. The highest BCUT2D eigenvalue weighted by Crippen LogP contribution is 2.36. The third-order valence-electron chi connectivity index (χ3n) is 5.84. The minimum Gasteiger partial charge on any atom is -0.441 e. The summed E-state index contributed by atoms with van der Waals surface area (Å²) in [6.45, 7) is 2.12. The van der Waals surface area contributed by atoms with Crippen LogP contribution in [0.5, 0.6) is 0 Å². The maximum absolute atomic E-state index is 15.0. The van der Waals surface area contributed by atoms with Crippen molar-refractivity contribution in [1.29, 1.82) is 5.26 Å². The first kappa shape index (κ1) is 22.1. The van der Waals surface area contributed by atoms with E-state index >= 15 is 0 Å². The number of H-pyrrole nitrogens is 1. The maximum atomic E-state index is 15.0. The van der Waals surface area contributed by atoms with Crippen LogP contribution in [0.1, 0.15) is 42.8 Å². The normalized spacial score (nSPS) is 22.9. The van der Waals surface area contributed by atoms with Crippen LogP contribution >= 0.6 is 0 Å². The summed E-state index contributed by atoms with van der Waals surface area (Å²) < 4.78 is 32.5. The lowest BCUT2D eigenvalue weighted by atomic mass is 10.1. The molecule has 3 N–H and O–H groups in total. The van der Waals surface area contributed by atoms with Gasteiger partial charge in [-0.05, 0) is 19.8 Å². The molecule has 2 aliphatic rings. The fraction of sp³-hybridized carbons (Fsp3) is 0.476. The number of carbonyl (C=O) groups excluding carboxylic acids is 1. The zero-order chi connectivity index (χ0) is 23.9. The van der Waals surface area contributed by atoms with Gasteiger partial charge >= 0.3 is 6.09 Å². The number of anilines is 2. The summed E-state index contributed by atoms with van der Waals surface area (Å²) in [5, 5.41) is 22.0. The summed E-state index contributed by atoms with van der Waals surface area (Å²) in [6, 6.07) is 3.65. The van der Waals surface area contributed by atoms with Crippen LogP contribution < -0.4 is 10.6 Å². The minimum absolute atomic E-state index is 0.0626. The van der Waals surface area contributed by atoms with Gasteiger partial charge < -0.3 is 24.8 Å². The molecule has 1 aliphatic heterocycles. The van der Waals surface area contributed by atoms with Gasteiger partial charge in [-0.2, -0.15) is 10.4 Å². The van der Waals surface area contributed by atoms with Crippen molar-refractivity contribution >= 4 is 23.5 Å². The molecular formula is C21H23FN8O4.